The van der Waals surface area contributed by atoms with E-state index in [0.717, 1.165) is 31.2 Å². The van der Waals surface area contributed by atoms with Gasteiger partial charge < -0.3 is 14.9 Å². The van der Waals surface area contributed by atoms with Gasteiger partial charge in [-0.05, 0) is 67.7 Å². The number of likely N-dealkylation sites (tertiary alicyclic amines) is 1. The largest absolute Gasteiger partial charge is 0.388 e. The number of hydrogen-bond donors (Lipinski definition) is 1. The van der Waals surface area contributed by atoms with Crippen molar-refractivity contribution in [2.45, 2.75) is 57.1 Å². The fourth-order valence-electron chi connectivity index (χ4n) is 6.46. The molecule has 3 aliphatic rings. The predicted molar refractivity (Wildman–Crippen MR) is 145 cm³/mol. The minimum atomic E-state index is -2.79. The highest BCUT2D eigenvalue weighted by Gasteiger charge is 2.42. The van der Waals surface area contributed by atoms with Crippen molar-refractivity contribution in [1.82, 2.24) is 14.7 Å². The van der Waals surface area contributed by atoms with E-state index in [4.69, 9.17) is 0 Å². The van der Waals surface area contributed by atoms with Gasteiger partial charge in [-0.15, -0.1) is 0 Å². The third-order valence-electron chi connectivity index (χ3n) is 8.88. The molecule has 2 amide bonds. The lowest BCUT2D eigenvalue weighted by atomic mass is 9.91. The summed E-state index contributed by atoms with van der Waals surface area (Å²) in [4.78, 5) is 30.9. The van der Waals surface area contributed by atoms with Crippen LogP contribution in [0.1, 0.15) is 60.2 Å². The number of rotatable bonds is 7. The number of alkyl halides is 2. The van der Waals surface area contributed by atoms with Crippen molar-refractivity contribution in [3.05, 3.63) is 71.3 Å². The molecule has 2 saturated heterocycles. The number of amides is 2. The number of carbonyl (C=O) groups excluding carboxylic acids is 2. The molecule has 1 aliphatic carbocycles. The zero-order valence-corrected chi connectivity index (χ0v) is 22.6. The summed E-state index contributed by atoms with van der Waals surface area (Å²) >= 11 is 0. The van der Waals surface area contributed by atoms with E-state index in [0.29, 0.717) is 37.7 Å². The van der Waals surface area contributed by atoms with Crippen LogP contribution in [0.3, 0.4) is 0 Å². The summed E-state index contributed by atoms with van der Waals surface area (Å²) < 4.78 is 27.1. The molecule has 8 heteroatoms. The van der Waals surface area contributed by atoms with Gasteiger partial charge in [0.25, 0.3) is 11.8 Å². The molecule has 2 aromatic carbocycles. The summed E-state index contributed by atoms with van der Waals surface area (Å²) in [6.45, 7) is 3.45. The van der Waals surface area contributed by atoms with Crippen LogP contribution >= 0.6 is 0 Å². The Morgan fingerprint density at radius 2 is 1.64 bits per heavy atom. The quantitative estimate of drug-likeness (QED) is 0.567. The first-order chi connectivity index (χ1) is 18.7. The zero-order chi connectivity index (χ0) is 27.6. The third-order valence-corrected chi connectivity index (χ3v) is 8.88. The van der Waals surface area contributed by atoms with Gasteiger partial charge in [-0.2, -0.15) is 0 Å². The maximum atomic E-state index is 13.5. The Bertz CT molecular complexity index is 1140. The summed E-state index contributed by atoms with van der Waals surface area (Å²) in [5.41, 5.74) is 2.85. The maximum absolute atomic E-state index is 13.5. The van der Waals surface area contributed by atoms with E-state index in [1.54, 1.807) is 11.8 Å². The second-order valence-corrected chi connectivity index (χ2v) is 11.6. The van der Waals surface area contributed by atoms with Gasteiger partial charge >= 0.3 is 0 Å². The van der Waals surface area contributed by atoms with Gasteiger partial charge in [0.1, 0.15) is 0 Å². The molecular formula is C31H39F2N3O3. The van der Waals surface area contributed by atoms with Gasteiger partial charge in [-0.1, -0.05) is 42.5 Å². The summed E-state index contributed by atoms with van der Waals surface area (Å²) in [7, 11) is 0. The van der Waals surface area contributed by atoms with E-state index in [1.165, 1.54) is 10.5 Å². The van der Waals surface area contributed by atoms with E-state index < -0.39 is 24.6 Å². The van der Waals surface area contributed by atoms with Crippen molar-refractivity contribution < 1.29 is 23.5 Å². The van der Waals surface area contributed by atoms with Crippen molar-refractivity contribution in [1.29, 1.82) is 0 Å². The van der Waals surface area contributed by atoms with Gasteiger partial charge in [-0.25, -0.2) is 8.78 Å². The highest BCUT2D eigenvalue weighted by atomic mass is 19.3. The molecule has 6 nitrogen and oxygen atoms in total. The van der Waals surface area contributed by atoms with Crippen molar-refractivity contribution in [3.8, 4) is 0 Å². The first-order valence-electron chi connectivity index (χ1n) is 14.2. The molecule has 2 aromatic rings. The number of aliphatic hydroxyl groups excluding tert-OH is 1. The Balaban J connectivity index is 1.08. The normalized spacial score (nSPS) is 25.0. The number of hydrogen-bond acceptors (Lipinski definition) is 4. The average molecular weight is 540 g/mol. The molecule has 5 rings (SSSR count). The molecular weight excluding hydrogens is 500 g/mol. The van der Waals surface area contributed by atoms with E-state index in [1.807, 2.05) is 59.5 Å². The second kappa shape index (κ2) is 11.7. The molecule has 2 heterocycles. The fraction of sp³-hybridized carbons (Fsp3) is 0.548. The second-order valence-electron chi connectivity index (χ2n) is 11.6. The van der Waals surface area contributed by atoms with E-state index in [9.17, 15) is 23.5 Å². The van der Waals surface area contributed by atoms with Crippen LogP contribution in [0.5, 0.6) is 0 Å². The molecule has 4 atom stereocenters. The molecule has 1 unspecified atom stereocenters. The van der Waals surface area contributed by atoms with Crippen molar-refractivity contribution in [2.75, 3.05) is 39.3 Å². The number of carbonyl (C=O) groups is 2. The van der Waals surface area contributed by atoms with E-state index in [2.05, 4.69) is 0 Å². The highest BCUT2D eigenvalue weighted by molar-refractivity contribution is 5.94. The van der Waals surface area contributed by atoms with Gasteiger partial charge in [0.05, 0.1) is 18.7 Å². The lowest BCUT2D eigenvalue weighted by Crippen LogP contribution is -2.55. The van der Waals surface area contributed by atoms with Crippen LogP contribution in [0.4, 0.5) is 8.78 Å². The standard InChI is InChI=1S/C31H39F2N3O3/c1-22(29(38)36-14-13-31(32,33)21-36)34-15-17-35(18-16-34)30(39)26-10-7-23(8-11-26)19-24-9-12-27(20-24)28(37)25-5-3-2-4-6-25/h2-8,10-11,22,24,27-28,37H,9,12-21H2,1H3/t22?,24-,27-,28+/m0/s1. The van der Waals surface area contributed by atoms with Gasteiger partial charge in [0.15, 0.2) is 0 Å². The number of piperazine rings is 1. The molecule has 0 radical (unpaired) electrons. The van der Waals surface area contributed by atoms with E-state index >= 15 is 0 Å². The van der Waals surface area contributed by atoms with Crippen LogP contribution in [0, 0.1) is 11.8 Å². The van der Waals surface area contributed by atoms with Crippen molar-refractivity contribution in [3.63, 3.8) is 0 Å². The Morgan fingerprint density at radius 3 is 2.28 bits per heavy atom. The molecule has 3 fully saturated rings. The molecule has 0 aromatic heterocycles. The molecule has 0 spiro atoms. The summed E-state index contributed by atoms with van der Waals surface area (Å²) in [6.07, 6.45) is 3.38. The number of halogens is 2. The van der Waals surface area contributed by atoms with Crippen molar-refractivity contribution in [2.24, 2.45) is 11.8 Å². The topological polar surface area (TPSA) is 64.1 Å². The van der Waals surface area contributed by atoms with Crippen LogP contribution < -0.4 is 0 Å². The Labute approximate surface area is 229 Å². The minimum absolute atomic E-state index is 0.0220. The van der Waals surface area contributed by atoms with Gasteiger partial charge in [0.2, 0.25) is 5.91 Å². The Kier molecular flexibility index (Phi) is 8.33. The van der Waals surface area contributed by atoms with Crippen LogP contribution in [0.25, 0.3) is 0 Å². The summed E-state index contributed by atoms with van der Waals surface area (Å²) in [5.74, 6) is -2.26. The summed E-state index contributed by atoms with van der Waals surface area (Å²) in [5, 5.41) is 10.8. The van der Waals surface area contributed by atoms with Crippen LogP contribution in [0.2, 0.25) is 0 Å². The first kappa shape index (κ1) is 27.7. The third kappa shape index (κ3) is 6.49. The highest BCUT2D eigenvalue weighted by Crippen LogP contribution is 2.40. The van der Waals surface area contributed by atoms with Gasteiger partial charge in [0, 0.05) is 44.7 Å². The van der Waals surface area contributed by atoms with Crippen LogP contribution in [0.15, 0.2) is 54.6 Å². The number of aliphatic hydroxyl groups is 1. The molecule has 1 saturated carbocycles. The van der Waals surface area contributed by atoms with Gasteiger partial charge in [-0.3, -0.25) is 14.5 Å². The Morgan fingerprint density at radius 1 is 0.949 bits per heavy atom. The maximum Gasteiger partial charge on any atom is 0.267 e. The number of benzene rings is 2. The fourth-order valence-corrected chi connectivity index (χ4v) is 6.46. The lowest BCUT2D eigenvalue weighted by molar-refractivity contribution is -0.137. The number of nitrogens with zero attached hydrogens (tertiary/aromatic N) is 3. The summed E-state index contributed by atoms with van der Waals surface area (Å²) in [6, 6.07) is 17.3. The van der Waals surface area contributed by atoms with Crippen LogP contribution in [-0.2, 0) is 11.2 Å². The minimum Gasteiger partial charge on any atom is -0.388 e. The first-order valence-corrected chi connectivity index (χ1v) is 14.2. The van der Waals surface area contributed by atoms with Crippen LogP contribution in [-0.4, -0.2) is 82.9 Å². The zero-order valence-electron chi connectivity index (χ0n) is 22.6. The SMILES string of the molecule is CC(C(=O)N1CCC(F)(F)C1)N1CCN(C(=O)c2ccc(C[C@@H]3CC[C@H]([C@H](O)c4ccccc4)C3)cc2)CC1. The molecule has 0 bridgehead atoms. The Hall–Kier alpha value is -2.84. The smallest absolute Gasteiger partial charge is 0.267 e. The molecule has 1 N–H and O–H groups in total. The monoisotopic (exact) mass is 539 g/mol. The molecule has 2 aliphatic heterocycles. The lowest BCUT2D eigenvalue weighted by Gasteiger charge is -2.38. The average Bonchev–Trinajstić information content (AvgIpc) is 3.58. The van der Waals surface area contributed by atoms with Crippen molar-refractivity contribution >= 4 is 11.8 Å². The molecule has 39 heavy (non-hydrogen) atoms. The molecule has 210 valence electrons. The predicted octanol–water partition coefficient (Wildman–Crippen LogP) is 4.39. The van der Waals surface area contributed by atoms with E-state index in [-0.39, 0.29) is 30.7 Å².